The van der Waals surface area contributed by atoms with E-state index in [0.29, 0.717) is 23.9 Å². The molecular weight excluding hydrogens is 308 g/mol. The maximum Gasteiger partial charge on any atom is 0.410 e. The number of halogens is 1. The third kappa shape index (κ3) is 3.94. The molecule has 0 aliphatic carbocycles. The lowest BCUT2D eigenvalue weighted by atomic mass is 10.1. The van der Waals surface area contributed by atoms with Crippen molar-refractivity contribution < 1.29 is 9.53 Å². The normalized spacial score (nSPS) is 22.5. The summed E-state index contributed by atoms with van der Waals surface area (Å²) in [5.74, 6) is 0.439. The highest BCUT2D eigenvalue weighted by Crippen LogP contribution is 2.23. The number of carbonyl (C=O) groups excluding carboxylic acids is 1. The molecule has 5 heteroatoms. The van der Waals surface area contributed by atoms with Gasteiger partial charge in [-0.2, -0.15) is 0 Å². The highest BCUT2D eigenvalue weighted by atomic mass is 79.9. The van der Waals surface area contributed by atoms with Crippen LogP contribution in [0.5, 0.6) is 0 Å². The van der Waals surface area contributed by atoms with Crippen molar-refractivity contribution in [2.75, 3.05) is 26.7 Å². The van der Waals surface area contributed by atoms with Gasteiger partial charge in [-0.25, -0.2) is 4.79 Å². The average Bonchev–Trinajstić information content (AvgIpc) is 2.79. The summed E-state index contributed by atoms with van der Waals surface area (Å²) in [5, 5.41) is 3.15. The van der Waals surface area contributed by atoms with E-state index >= 15 is 0 Å². The van der Waals surface area contributed by atoms with E-state index < -0.39 is 0 Å². The van der Waals surface area contributed by atoms with Gasteiger partial charge in [-0.05, 0) is 12.6 Å². The zero-order valence-corrected chi connectivity index (χ0v) is 12.6. The largest absolute Gasteiger partial charge is 0.445 e. The van der Waals surface area contributed by atoms with E-state index in [1.807, 2.05) is 37.4 Å². The maximum absolute atomic E-state index is 12.0. The van der Waals surface area contributed by atoms with Crippen LogP contribution in [0.4, 0.5) is 4.79 Å². The lowest BCUT2D eigenvalue weighted by Crippen LogP contribution is -2.30. The quantitative estimate of drug-likeness (QED) is 0.863. The van der Waals surface area contributed by atoms with Gasteiger partial charge >= 0.3 is 6.09 Å². The van der Waals surface area contributed by atoms with E-state index in [4.69, 9.17) is 4.74 Å². The Kier molecular flexibility index (Phi) is 5.22. The molecule has 1 aliphatic heterocycles. The first-order chi connectivity index (χ1) is 9.20. The van der Waals surface area contributed by atoms with Crippen LogP contribution in [0.1, 0.15) is 5.56 Å². The van der Waals surface area contributed by atoms with E-state index in [1.54, 1.807) is 4.90 Å². The van der Waals surface area contributed by atoms with Crippen LogP contribution in [0, 0.1) is 5.92 Å². The summed E-state index contributed by atoms with van der Waals surface area (Å²) in [5.41, 5.74) is 1.01. The second kappa shape index (κ2) is 6.91. The van der Waals surface area contributed by atoms with Gasteiger partial charge in [0.2, 0.25) is 0 Å². The summed E-state index contributed by atoms with van der Waals surface area (Å²) in [6.45, 7) is 2.68. The first-order valence-electron chi connectivity index (χ1n) is 6.45. The van der Waals surface area contributed by atoms with Crippen LogP contribution >= 0.6 is 15.9 Å². The van der Waals surface area contributed by atoms with Crippen molar-refractivity contribution in [3.63, 3.8) is 0 Å². The number of hydrogen-bond acceptors (Lipinski definition) is 3. The fourth-order valence-electron chi connectivity index (χ4n) is 2.25. The summed E-state index contributed by atoms with van der Waals surface area (Å²) in [6, 6.07) is 9.74. The third-order valence-electron chi connectivity index (χ3n) is 3.29. The fraction of sp³-hybridized carbons (Fsp3) is 0.500. The van der Waals surface area contributed by atoms with E-state index in [9.17, 15) is 4.79 Å². The molecule has 0 saturated carbocycles. The molecule has 1 N–H and O–H groups in total. The van der Waals surface area contributed by atoms with Gasteiger partial charge in [0, 0.05) is 30.4 Å². The Hall–Kier alpha value is -1.07. The number of nitrogens with one attached hydrogen (secondary N) is 1. The molecule has 1 aliphatic rings. The number of benzene rings is 1. The molecular formula is C14H19BrN2O2. The summed E-state index contributed by atoms with van der Waals surface area (Å²) >= 11 is 3.62. The van der Waals surface area contributed by atoms with Crippen LogP contribution < -0.4 is 5.32 Å². The lowest BCUT2D eigenvalue weighted by molar-refractivity contribution is 0.103. The summed E-state index contributed by atoms with van der Waals surface area (Å²) in [4.78, 5) is 14.1. The van der Waals surface area contributed by atoms with E-state index in [-0.39, 0.29) is 6.09 Å². The number of nitrogens with zero attached hydrogens (tertiary/aromatic N) is 1. The van der Waals surface area contributed by atoms with Gasteiger partial charge in [-0.15, -0.1) is 0 Å². The average molecular weight is 327 g/mol. The first-order valence-corrected chi connectivity index (χ1v) is 7.36. The van der Waals surface area contributed by atoms with Gasteiger partial charge in [-0.3, -0.25) is 0 Å². The highest BCUT2D eigenvalue weighted by Gasteiger charge is 2.33. The van der Waals surface area contributed by atoms with Gasteiger partial charge in [0.1, 0.15) is 6.61 Å². The minimum absolute atomic E-state index is 0.230. The zero-order valence-electron chi connectivity index (χ0n) is 11.0. The van der Waals surface area contributed by atoms with E-state index in [2.05, 4.69) is 21.2 Å². The lowest BCUT2D eigenvalue weighted by Gasteiger charge is -2.16. The molecule has 0 radical (unpaired) electrons. The monoisotopic (exact) mass is 326 g/mol. The van der Waals surface area contributed by atoms with Crippen molar-refractivity contribution in [1.82, 2.24) is 10.2 Å². The molecule has 1 saturated heterocycles. The predicted molar refractivity (Wildman–Crippen MR) is 78.3 cm³/mol. The van der Waals surface area contributed by atoms with Gasteiger partial charge in [0.25, 0.3) is 0 Å². The highest BCUT2D eigenvalue weighted by molar-refractivity contribution is 9.09. The SMILES string of the molecule is CNCC1CN(C(=O)OCc2ccccc2)CC1Br. The molecule has 1 heterocycles. The van der Waals surface area contributed by atoms with Gasteiger partial charge < -0.3 is 15.0 Å². The third-order valence-corrected chi connectivity index (χ3v) is 4.33. The molecule has 1 fully saturated rings. The number of likely N-dealkylation sites (tertiary alicyclic amines) is 1. The van der Waals surface area contributed by atoms with Crippen LogP contribution in [-0.4, -0.2) is 42.5 Å². The Morgan fingerprint density at radius 2 is 2.16 bits per heavy atom. The van der Waals surface area contributed by atoms with Gasteiger partial charge in [0.05, 0.1) is 0 Å². The van der Waals surface area contributed by atoms with Crippen LogP contribution in [0.15, 0.2) is 30.3 Å². The van der Waals surface area contributed by atoms with E-state index in [0.717, 1.165) is 18.7 Å². The van der Waals surface area contributed by atoms with Gasteiger partial charge in [0.15, 0.2) is 0 Å². The molecule has 0 bridgehead atoms. The Labute approximate surface area is 122 Å². The Morgan fingerprint density at radius 1 is 1.42 bits per heavy atom. The smallest absolute Gasteiger partial charge is 0.410 e. The number of ether oxygens (including phenoxy) is 1. The topological polar surface area (TPSA) is 41.6 Å². The number of alkyl halides is 1. The standard InChI is InChI=1S/C14H19BrN2O2/c1-16-7-12-8-17(9-13(12)15)14(18)19-10-11-5-3-2-4-6-11/h2-6,12-13,16H,7-10H2,1H3. The van der Waals surface area contributed by atoms with Crippen molar-refractivity contribution in [2.45, 2.75) is 11.4 Å². The van der Waals surface area contributed by atoms with Crippen LogP contribution in [-0.2, 0) is 11.3 Å². The van der Waals surface area contributed by atoms with Crippen molar-refractivity contribution in [3.05, 3.63) is 35.9 Å². The maximum atomic E-state index is 12.0. The first kappa shape index (κ1) is 14.3. The summed E-state index contributed by atoms with van der Waals surface area (Å²) < 4.78 is 5.33. The number of rotatable bonds is 4. The minimum Gasteiger partial charge on any atom is -0.445 e. The summed E-state index contributed by atoms with van der Waals surface area (Å²) in [6.07, 6.45) is -0.230. The molecule has 0 spiro atoms. The van der Waals surface area contributed by atoms with Crippen molar-refractivity contribution in [3.8, 4) is 0 Å². The second-order valence-electron chi connectivity index (χ2n) is 4.78. The second-order valence-corrected chi connectivity index (χ2v) is 5.96. The molecule has 2 rings (SSSR count). The van der Waals surface area contributed by atoms with Crippen molar-refractivity contribution >= 4 is 22.0 Å². The van der Waals surface area contributed by atoms with Crippen LogP contribution in [0.25, 0.3) is 0 Å². The van der Waals surface area contributed by atoms with Gasteiger partial charge in [-0.1, -0.05) is 46.3 Å². The Morgan fingerprint density at radius 3 is 2.84 bits per heavy atom. The Balaban J connectivity index is 1.81. The zero-order chi connectivity index (χ0) is 13.7. The number of carbonyl (C=O) groups is 1. The molecule has 1 aromatic carbocycles. The van der Waals surface area contributed by atoms with Crippen molar-refractivity contribution in [1.29, 1.82) is 0 Å². The summed E-state index contributed by atoms with van der Waals surface area (Å²) in [7, 11) is 1.93. The molecule has 2 atom stereocenters. The molecule has 2 unspecified atom stereocenters. The van der Waals surface area contributed by atoms with Crippen LogP contribution in [0.2, 0.25) is 0 Å². The molecule has 1 amide bonds. The molecule has 1 aromatic rings. The molecule has 0 aromatic heterocycles. The van der Waals surface area contributed by atoms with Crippen LogP contribution in [0.3, 0.4) is 0 Å². The molecule has 4 nitrogen and oxygen atoms in total. The molecule has 19 heavy (non-hydrogen) atoms. The number of amides is 1. The van der Waals surface area contributed by atoms with Crippen molar-refractivity contribution in [2.24, 2.45) is 5.92 Å². The number of hydrogen-bond donors (Lipinski definition) is 1. The predicted octanol–water partition coefficient (Wildman–Crippen LogP) is 2.24. The molecule has 104 valence electrons. The van der Waals surface area contributed by atoms with E-state index in [1.165, 1.54) is 0 Å². The minimum atomic E-state index is -0.230. The Bertz CT molecular complexity index is 413. The fourth-order valence-corrected chi connectivity index (χ4v) is 2.95.